The fourth-order valence-electron chi connectivity index (χ4n) is 2.49. The molecule has 0 amide bonds. The van der Waals surface area contributed by atoms with E-state index in [1.165, 1.54) is 6.07 Å². The van der Waals surface area contributed by atoms with Gasteiger partial charge in [-0.05, 0) is 37.9 Å². The fourth-order valence-corrected chi connectivity index (χ4v) is 2.84. The Kier molecular flexibility index (Phi) is 5.34. The van der Waals surface area contributed by atoms with Crippen LogP contribution in [-0.2, 0) is 11.3 Å². The van der Waals surface area contributed by atoms with Gasteiger partial charge in [0.2, 0.25) is 0 Å². The Bertz CT molecular complexity index is 432. The van der Waals surface area contributed by atoms with Crippen molar-refractivity contribution in [1.29, 1.82) is 0 Å². The Morgan fingerprint density at radius 3 is 2.53 bits per heavy atom. The van der Waals surface area contributed by atoms with Gasteiger partial charge in [0, 0.05) is 31.9 Å². The molecule has 1 N–H and O–H groups in total. The van der Waals surface area contributed by atoms with Gasteiger partial charge in [0.25, 0.3) is 0 Å². The number of methoxy groups -OCH3 is 1. The molecule has 1 aliphatic rings. The van der Waals surface area contributed by atoms with Gasteiger partial charge in [0.15, 0.2) is 0 Å². The number of rotatable bonds is 4. The molecule has 3 nitrogen and oxygen atoms in total. The predicted molar refractivity (Wildman–Crippen MR) is 78.0 cm³/mol. The highest BCUT2D eigenvalue weighted by molar-refractivity contribution is 6.42. The summed E-state index contributed by atoms with van der Waals surface area (Å²) < 4.78 is 5.19. The van der Waals surface area contributed by atoms with Crippen LogP contribution in [0.4, 0.5) is 0 Å². The second-order valence-corrected chi connectivity index (χ2v) is 5.88. The van der Waals surface area contributed by atoms with Crippen molar-refractivity contribution in [2.75, 3.05) is 26.8 Å². The maximum Gasteiger partial charge on any atom is 0.121 e. The van der Waals surface area contributed by atoms with E-state index in [4.69, 9.17) is 27.9 Å². The van der Waals surface area contributed by atoms with Gasteiger partial charge in [0.05, 0.1) is 10.0 Å². The van der Waals surface area contributed by atoms with E-state index in [2.05, 4.69) is 4.90 Å². The highest BCUT2D eigenvalue weighted by Gasteiger charge is 2.20. The summed E-state index contributed by atoms with van der Waals surface area (Å²) in [5.74, 6) is 0.872. The highest BCUT2D eigenvalue weighted by Crippen LogP contribution is 2.31. The van der Waals surface area contributed by atoms with Crippen molar-refractivity contribution in [2.24, 2.45) is 5.92 Å². The number of phenolic OH excluding ortho intramolecular Hbond substituents is 1. The zero-order chi connectivity index (χ0) is 13.8. The quantitative estimate of drug-likeness (QED) is 0.923. The number of benzene rings is 1. The van der Waals surface area contributed by atoms with Crippen LogP contribution >= 0.6 is 23.2 Å². The van der Waals surface area contributed by atoms with Crippen molar-refractivity contribution in [3.05, 3.63) is 27.7 Å². The zero-order valence-corrected chi connectivity index (χ0v) is 12.5. The molecule has 5 heteroatoms. The van der Waals surface area contributed by atoms with Crippen molar-refractivity contribution in [3.63, 3.8) is 0 Å². The second-order valence-electron chi connectivity index (χ2n) is 5.07. The van der Waals surface area contributed by atoms with Crippen molar-refractivity contribution in [2.45, 2.75) is 19.4 Å². The number of piperidine rings is 1. The molecule has 1 saturated heterocycles. The van der Waals surface area contributed by atoms with E-state index in [0.29, 0.717) is 22.5 Å². The molecule has 0 atom stereocenters. The molecular weight excluding hydrogens is 285 g/mol. The molecule has 106 valence electrons. The third kappa shape index (κ3) is 3.99. The summed E-state index contributed by atoms with van der Waals surface area (Å²) in [6.07, 6.45) is 2.27. The molecule has 0 aliphatic carbocycles. The van der Waals surface area contributed by atoms with Crippen molar-refractivity contribution in [3.8, 4) is 5.75 Å². The Balaban J connectivity index is 1.94. The number of aromatic hydroxyl groups is 1. The minimum Gasteiger partial charge on any atom is -0.508 e. The molecule has 2 rings (SSSR count). The van der Waals surface area contributed by atoms with Crippen molar-refractivity contribution >= 4 is 23.2 Å². The number of nitrogens with zero attached hydrogens (tertiary/aromatic N) is 1. The number of hydrogen-bond acceptors (Lipinski definition) is 3. The SMILES string of the molecule is COCC1CCN(Cc2cc(Cl)c(Cl)cc2O)CC1. The summed E-state index contributed by atoms with van der Waals surface area (Å²) >= 11 is 11.9. The summed E-state index contributed by atoms with van der Waals surface area (Å²) in [6.45, 7) is 3.59. The molecule has 0 bridgehead atoms. The molecule has 1 aromatic rings. The smallest absolute Gasteiger partial charge is 0.121 e. The Morgan fingerprint density at radius 2 is 1.89 bits per heavy atom. The topological polar surface area (TPSA) is 32.7 Å². The summed E-state index contributed by atoms with van der Waals surface area (Å²) in [4.78, 5) is 2.32. The zero-order valence-electron chi connectivity index (χ0n) is 11.0. The lowest BCUT2D eigenvalue weighted by Crippen LogP contribution is -2.34. The van der Waals surface area contributed by atoms with Crippen LogP contribution in [0.5, 0.6) is 5.75 Å². The Labute approximate surface area is 124 Å². The first-order valence-corrected chi connectivity index (χ1v) is 7.24. The normalized spacial score (nSPS) is 17.8. The van der Waals surface area contributed by atoms with Crippen LogP contribution in [0.2, 0.25) is 10.0 Å². The van der Waals surface area contributed by atoms with E-state index in [-0.39, 0.29) is 5.75 Å². The van der Waals surface area contributed by atoms with Crippen LogP contribution in [-0.4, -0.2) is 36.8 Å². The molecular formula is C14H19Cl2NO2. The molecule has 0 radical (unpaired) electrons. The van der Waals surface area contributed by atoms with Gasteiger partial charge in [-0.2, -0.15) is 0 Å². The van der Waals surface area contributed by atoms with Crippen LogP contribution in [0.15, 0.2) is 12.1 Å². The van der Waals surface area contributed by atoms with Gasteiger partial charge in [-0.15, -0.1) is 0 Å². The number of likely N-dealkylation sites (tertiary alicyclic amines) is 1. The summed E-state index contributed by atoms with van der Waals surface area (Å²) in [7, 11) is 1.75. The van der Waals surface area contributed by atoms with Gasteiger partial charge in [-0.3, -0.25) is 4.90 Å². The minimum atomic E-state index is 0.216. The van der Waals surface area contributed by atoms with Gasteiger partial charge >= 0.3 is 0 Å². The summed E-state index contributed by atoms with van der Waals surface area (Å²) in [6, 6.07) is 3.26. The van der Waals surface area contributed by atoms with Gasteiger partial charge in [0.1, 0.15) is 5.75 Å². The van der Waals surface area contributed by atoms with Crippen molar-refractivity contribution in [1.82, 2.24) is 4.90 Å². The second kappa shape index (κ2) is 6.80. The molecule has 0 unspecified atom stereocenters. The average molecular weight is 304 g/mol. The largest absolute Gasteiger partial charge is 0.508 e. The molecule has 19 heavy (non-hydrogen) atoms. The first kappa shape index (κ1) is 14.9. The lowest BCUT2D eigenvalue weighted by Gasteiger charge is -2.31. The Hall–Kier alpha value is -0.480. The number of hydrogen-bond donors (Lipinski definition) is 1. The summed E-state index contributed by atoms with van der Waals surface area (Å²) in [5, 5.41) is 10.8. The van der Waals surface area contributed by atoms with Crippen LogP contribution in [0.25, 0.3) is 0 Å². The van der Waals surface area contributed by atoms with Gasteiger partial charge in [-0.1, -0.05) is 23.2 Å². The molecule has 1 aliphatic heterocycles. The van der Waals surface area contributed by atoms with Crippen molar-refractivity contribution < 1.29 is 9.84 Å². The molecule has 1 heterocycles. The number of phenols is 1. The lowest BCUT2D eigenvalue weighted by atomic mass is 9.97. The predicted octanol–water partition coefficient (Wildman–Crippen LogP) is 3.56. The number of ether oxygens (including phenoxy) is 1. The van der Waals surface area contributed by atoms with Crippen LogP contribution in [0.3, 0.4) is 0 Å². The molecule has 0 saturated carbocycles. The molecule has 0 aromatic heterocycles. The van der Waals surface area contributed by atoms with Crippen LogP contribution in [0.1, 0.15) is 18.4 Å². The first-order chi connectivity index (χ1) is 9.10. The Morgan fingerprint density at radius 1 is 1.26 bits per heavy atom. The van der Waals surface area contributed by atoms with Gasteiger partial charge < -0.3 is 9.84 Å². The summed E-state index contributed by atoms with van der Waals surface area (Å²) in [5.41, 5.74) is 0.833. The molecule has 0 spiro atoms. The monoisotopic (exact) mass is 303 g/mol. The minimum absolute atomic E-state index is 0.216. The third-order valence-corrected chi connectivity index (χ3v) is 4.35. The maximum atomic E-state index is 9.89. The van der Waals surface area contributed by atoms with Crippen LogP contribution in [0, 0.1) is 5.92 Å². The third-order valence-electron chi connectivity index (χ3n) is 3.63. The van der Waals surface area contributed by atoms with E-state index in [1.54, 1.807) is 13.2 Å². The highest BCUT2D eigenvalue weighted by atomic mass is 35.5. The molecule has 1 fully saturated rings. The number of halogens is 2. The van der Waals surface area contributed by atoms with Crippen LogP contribution < -0.4 is 0 Å². The standard InChI is InChI=1S/C14H19Cl2NO2/c1-19-9-10-2-4-17(5-3-10)8-11-6-12(15)13(16)7-14(11)18/h6-7,10,18H,2-5,8-9H2,1H3. The molecule has 1 aromatic carbocycles. The van der Waals surface area contributed by atoms with E-state index < -0.39 is 0 Å². The maximum absolute atomic E-state index is 9.89. The van der Waals surface area contributed by atoms with E-state index in [9.17, 15) is 5.11 Å². The first-order valence-electron chi connectivity index (χ1n) is 6.48. The lowest BCUT2D eigenvalue weighted by molar-refractivity contribution is 0.0965. The fraction of sp³-hybridized carbons (Fsp3) is 0.571. The van der Waals surface area contributed by atoms with E-state index in [1.807, 2.05) is 0 Å². The van der Waals surface area contributed by atoms with E-state index in [0.717, 1.165) is 38.1 Å². The van der Waals surface area contributed by atoms with Gasteiger partial charge in [-0.25, -0.2) is 0 Å². The van der Waals surface area contributed by atoms with E-state index >= 15 is 0 Å². The average Bonchev–Trinajstić information content (AvgIpc) is 2.38.